The van der Waals surface area contributed by atoms with Gasteiger partial charge in [-0.05, 0) is 61.7 Å². The zero-order valence-corrected chi connectivity index (χ0v) is 14.7. The zero-order chi connectivity index (χ0) is 17.9. The molecule has 2 N–H and O–H groups in total. The second kappa shape index (κ2) is 7.30. The first-order chi connectivity index (χ1) is 12.7. The van der Waals surface area contributed by atoms with E-state index in [0.29, 0.717) is 18.5 Å². The van der Waals surface area contributed by atoms with Crippen molar-refractivity contribution < 1.29 is 9.59 Å². The van der Waals surface area contributed by atoms with E-state index in [0.717, 1.165) is 37.2 Å². The van der Waals surface area contributed by atoms with Crippen molar-refractivity contribution in [2.24, 2.45) is 0 Å². The van der Waals surface area contributed by atoms with Crippen molar-refractivity contribution in [2.45, 2.75) is 31.7 Å². The van der Waals surface area contributed by atoms with Gasteiger partial charge in [-0.2, -0.15) is 0 Å². The van der Waals surface area contributed by atoms with Gasteiger partial charge in [0.2, 0.25) is 5.91 Å². The Morgan fingerprint density at radius 1 is 1.12 bits per heavy atom. The van der Waals surface area contributed by atoms with Crippen molar-refractivity contribution in [2.75, 3.05) is 23.3 Å². The normalized spacial score (nSPS) is 18.6. The van der Waals surface area contributed by atoms with E-state index < -0.39 is 0 Å². The van der Waals surface area contributed by atoms with Crippen LogP contribution in [0.15, 0.2) is 48.5 Å². The number of anilines is 2. The van der Waals surface area contributed by atoms with Crippen molar-refractivity contribution in [3.8, 4) is 0 Å². The van der Waals surface area contributed by atoms with Crippen LogP contribution in [-0.4, -0.2) is 30.9 Å². The summed E-state index contributed by atoms with van der Waals surface area (Å²) >= 11 is 0. The molecule has 1 saturated heterocycles. The molecule has 5 nitrogen and oxygen atoms in total. The van der Waals surface area contributed by atoms with Crippen LogP contribution >= 0.6 is 0 Å². The number of carbonyl (C=O) groups is 2. The van der Waals surface area contributed by atoms with Crippen LogP contribution in [0.1, 0.15) is 35.2 Å². The Bertz CT molecular complexity index is 810. The van der Waals surface area contributed by atoms with Gasteiger partial charge in [-0.25, -0.2) is 0 Å². The molecule has 134 valence electrons. The topological polar surface area (TPSA) is 61.4 Å². The fourth-order valence-electron chi connectivity index (χ4n) is 3.77. The Balaban J connectivity index is 1.40. The van der Waals surface area contributed by atoms with Gasteiger partial charge in [-0.1, -0.05) is 18.2 Å². The van der Waals surface area contributed by atoms with Crippen molar-refractivity contribution in [3.63, 3.8) is 0 Å². The van der Waals surface area contributed by atoms with Gasteiger partial charge in [0.25, 0.3) is 5.91 Å². The van der Waals surface area contributed by atoms with E-state index in [1.165, 1.54) is 5.56 Å². The van der Waals surface area contributed by atoms with Crippen LogP contribution in [0.25, 0.3) is 0 Å². The first-order valence-corrected chi connectivity index (χ1v) is 9.24. The molecule has 2 aliphatic heterocycles. The van der Waals surface area contributed by atoms with Crippen LogP contribution in [0.5, 0.6) is 0 Å². The van der Waals surface area contributed by atoms with Crippen molar-refractivity contribution in [3.05, 3.63) is 59.7 Å². The van der Waals surface area contributed by atoms with Crippen LogP contribution in [0, 0.1) is 0 Å². The molecular formula is C21H23N3O2. The summed E-state index contributed by atoms with van der Waals surface area (Å²) in [5, 5.41) is 6.24. The highest BCUT2D eigenvalue weighted by Crippen LogP contribution is 2.29. The summed E-state index contributed by atoms with van der Waals surface area (Å²) in [6.45, 7) is 1.71. The maximum Gasteiger partial charge on any atom is 0.258 e. The summed E-state index contributed by atoms with van der Waals surface area (Å²) in [7, 11) is 0. The van der Waals surface area contributed by atoms with Gasteiger partial charge in [-0.3, -0.25) is 9.59 Å². The summed E-state index contributed by atoms with van der Waals surface area (Å²) in [5.74, 6) is 0.0138. The molecule has 2 aromatic carbocycles. The van der Waals surface area contributed by atoms with E-state index in [9.17, 15) is 9.59 Å². The van der Waals surface area contributed by atoms with Gasteiger partial charge in [0.1, 0.15) is 0 Å². The molecule has 2 aromatic rings. The maximum absolute atomic E-state index is 12.8. The minimum Gasteiger partial charge on any atom is -0.326 e. The monoisotopic (exact) mass is 349 g/mol. The molecule has 5 heteroatoms. The Morgan fingerprint density at radius 3 is 2.69 bits per heavy atom. The van der Waals surface area contributed by atoms with Gasteiger partial charge < -0.3 is 15.5 Å². The zero-order valence-electron chi connectivity index (χ0n) is 14.7. The number of nitrogens with zero attached hydrogens (tertiary/aromatic N) is 1. The lowest BCUT2D eigenvalue weighted by Crippen LogP contribution is -2.29. The molecule has 0 saturated carbocycles. The first kappa shape index (κ1) is 16.8. The Labute approximate surface area is 153 Å². The van der Waals surface area contributed by atoms with Gasteiger partial charge in [-0.15, -0.1) is 0 Å². The molecule has 2 aliphatic rings. The number of rotatable bonds is 4. The Kier molecular flexibility index (Phi) is 4.71. The Morgan fingerprint density at radius 2 is 1.92 bits per heavy atom. The standard InChI is InChI=1S/C21H23N3O2/c25-20(14-18-5-3-12-22-18)23-17-9-7-16(8-10-17)21(26)24-13-11-15-4-1-2-6-19(15)24/h1-2,4,6-10,18,22H,3,5,11-14H2,(H,23,25). The molecule has 0 bridgehead atoms. The number of amides is 2. The number of carbonyl (C=O) groups excluding carboxylic acids is 2. The van der Waals surface area contributed by atoms with Crippen molar-refractivity contribution in [1.29, 1.82) is 0 Å². The molecule has 2 heterocycles. The minimum absolute atomic E-state index is 0.00276. The fraction of sp³-hybridized carbons (Fsp3) is 0.333. The van der Waals surface area contributed by atoms with Crippen molar-refractivity contribution in [1.82, 2.24) is 5.32 Å². The molecule has 1 atom stereocenters. The van der Waals surface area contributed by atoms with E-state index in [-0.39, 0.29) is 17.9 Å². The lowest BCUT2D eigenvalue weighted by atomic mass is 10.1. The quantitative estimate of drug-likeness (QED) is 0.892. The van der Waals surface area contributed by atoms with Gasteiger partial charge >= 0.3 is 0 Å². The molecule has 0 radical (unpaired) electrons. The number of fused-ring (bicyclic) bond motifs is 1. The van der Waals surface area contributed by atoms with E-state index in [1.807, 2.05) is 23.1 Å². The third-order valence-electron chi connectivity index (χ3n) is 5.14. The van der Waals surface area contributed by atoms with Crippen LogP contribution in [0.3, 0.4) is 0 Å². The third-order valence-corrected chi connectivity index (χ3v) is 5.14. The SMILES string of the molecule is O=C(CC1CCCN1)Nc1ccc(C(=O)N2CCc3ccccc32)cc1. The van der Waals surface area contributed by atoms with E-state index in [2.05, 4.69) is 16.7 Å². The van der Waals surface area contributed by atoms with Gasteiger partial charge in [0.15, 0.2) is 0 Å². The molecule has 4 rings (SSSR count). The molecule has 2 amide bonds. The van der Waals surface area contributed by atoms with Crippen LogP contribution in [0.2, 0.25) is 0 Å². The lowest BCUT2D eigenvalue weighted by molar-refractivity contribution is -0.116. The number of nitrogens with one attached hydrogen (secondary N) is 2. The molecular weight excluding hydrogens is 326 g/mol. The average Bonchev–Trinajstić information content (AvgIpc) is 3.31. The predicted octanol–water partition coefficient (Wildman–Crippen LogP) is 2.97. The van der Waals surface area contributed by atoms with E-state index in [4.69, 9.17) is 0 Å². The summed E-state index contributed by atoms with van der Waals surface area (Å²) in [4.78, 5) is 26.7. The molecule has 0 aromatic heterocycles. The average molecular weight is 349 g/mol. The highest BCUT2D eigenvalue weighted by atomic mass is 16.2. The minimum atomic E-state index is 0.00276. The molecule has 0 spiro atoms. The van der Waals surface area contributed by atoms with Crippen molar-refractivity contribution >= 4 is 23.2 Å². The van der Waals surface area contributed by atoms with Gasteiger partial charge in [0.05, 0.1) is 0 Å². The highest BCUT2D eigenvalue weighted by Gasteiger charge is 2.25. The van der Waals surface area contributed by atoms with Crippen LogP contribution in [0.4, 0.5) is 11.4 Å². The highest BCUT2D eigenvalue weighted by molar-refractivity contribution is 6.07. The van der Waals surface area contributed by atoms with Crippen LogP contribution in [-0.2, 0) is 11.2 Å². The largest absolute Gasteiger partial charge is 0.326 e. The van der Waals surface area contributed by atoms with Crippen LogP contribution < -0.4 is 15.5 Å². The van der Waals surface area contributed by atoms with E-state index >= 15 is 0 Å². The molecule has 0 aliphatic carbocycles. The fourth-order valence-corrected chi connectivity index (χ4v) is 3.77. The number of hydrogen-bond donors (Lipinski definition) is 2. The number of hydrogen-bond acceptors (Lipinski definition) is 3. The van der Waals surface area contributed by atoms with E-state index in [1.54, 1.807) is 24.3 Å². The molecule has 1 fully saturated rings. The third kappa shape index (κ3) is 3.48. The summed E-state index contributed by atoms with van der Waals surface area (Å²) in [5.41, 5.74) is 3.58. The lowest BCUT2D eigenvalue weighted by Gasteiger charge is -2.17. The molecule has 26 heavy (non-hydrogen) atoms. The second-order valence-corrected chi connectivity index (χ2v) is 6.96. The number of para-hydroxylation sites is 1. The first-order valence-electron chi connectivity index (χ1n) is 9.24. The summed E-state index contributed by atoms with van der Waals surface area (Å²) < 4.78 is 0. The second-order valence-electron chi connectivity index (χ2n) is 6.96. The maximum atomic E-state index is 12.8. The summed E-state index contributed by atoms with van der Waals surface area (Å²) in [6, 6.07) is 15.5. The Hall–Kier alpha value is -2.66. The van der Waals surface area contributed by atoms with Gasteiger partial charge in [0, 0.05) is 35.9 Å². The molecule has 1 unspecified atom stereocenters. The smallest absolute Gasteiger partial charge is 0.258 e. The number of benzene rings is 2. The summed E-state index contributed by atoms with van der Waals surface area (Å²) in [6.07, 6.45) is 3.57. The predicted molar refractivity (Wildman–Crippen MR) is 103 cm³/mol.